The van der Waals surface area contributed by atoms with Crippen LogP contribution in [0.5, 0.6) is 0 Å². The smallest absolute Gasteiger partial charge is 0.0410 e. The van der Waals surface area contributed by atoms with E-state index in [2.05, 4.69) is 44.4 Å². The molecule has 2 heteroatoms. The highest BCUT2D eigenvalue weighted by atomic mass is 15.1. The van der Waals surface area contributed by atoms with E-state index in [0.717, 1.165) is 5.92 Å². The van der Waals surface area contributed by atoms with Crippen molar-refractivity contribution in [3.05, 3.63) is 11.6 Å². The SMILES string of the molecule is CC1=CC(C2CC(C)CC(C)N2)NC(C)C1. The summed E-state index contributed by atoms with van der Waals surface area (Å²) in [5, 5.41) is 7.47. The topological polar surface area (TPSA) is 24.1 Å². The minimum absolute atomic E-state index is 0.536. The summed E-state index contributed by atoms with van der Waals surface area (Å²) in [5.74, 6) is 0.856. The van der Waals surface area contributed by atoms with Crippen molar-refractivity contribution in [3.63, 3.8) is 0 Å². The lowest BCUT2D eigenvalue weighted by Gasteiger charge is -2.40. The molecule has 5 unspecified atom stereocenters. The summed E-state index contributed by atoms with van der Waals surface area (Å²) in [6.45, 7) is 9.25. The molecule has 0 spiro atoms. The van der Waals surface area contributed by atoms with E-state index in [1.54, 1.807) is 5.57 Å². The van der Waals surface area contributed by atoms with Crippen LogP contribution in [0.4, 0.5) is 0 Å². The first-order chi connectivity index (χ1) is 7.54. The molecule has 2 aliphatic heterocycles. The highest BCUT2D eigenvalue weighted by molar-refractivity contribution is 5.14. The number of hydrogen-bond acceptors (Lipinski definition) is 2. The van der Waals surface area contributed by atoms with Gasteiger partial charge in [-0.25, -0.2) is 0 Å². The van der Waals surface area contributed by atoms with Gasteiger partial charge in [-0.2, -0.15) is 0 Å². The lowest BCUT2D eigenvalue weighted by Crippen LogP contribution is -2.56. The molecule has 0 aromatic heterocycles. The van der Waals surface area contributed by atoms with Gasteiger partial charge >= 0.3 is 0 Å². The van der Waals surface area contributed by atoms with E-state index in [1.807, 2.05) is 0 Å². The fraction of sp³-hybridized carbons (Fsp3) is 0.857. The summed E-state index contributed by atoms with van der Waals surface area (Å²) in [7, 11) is 0. The van der Waals surface area contributed by atoms with Crippen LogP contribution in [0, 0.1) is 5.92 Å². The van der Waals surface area contributed by atoms with Crippen molar-refractivity contribution < 1.29 is 0 Å². The van der Waals surface area contributed by atoms with E-state index in [-0.39, 0.29) is 0 Å². The molecule has 2 nitrogen and oxygen atoms in total. The van der Waals surface area contributed by atoms with Gasteiger partial charge in [0.05, 0.1) is 0 Å². The van der Waals surface area contributed by atoms with Crippen LogP contribution in [-0.4, -0.2) is 24.2 Å². The Kier molecular flexibility index (Phi) is 3.70. The Morgan fingerprint density at radius 1 is 1.06 bits per heavy atom. The summed E-state index contributed by atoms with van der Waals surface area (Å²) < 4.78 is 0. The Bertz CT molecular complexity index is 262. The van der Waals surface area contributed by atoms with Gasteiger partial charge in [0.2, 0.25) is 0 Å². The fourth-order valence-corrected chi connectivity index (χ4v) is 3.41. The molecule has 2 N–H and O–H groups in total. The van der Waals surface area contributed by atoms with Gasteiger partial charge in [0.25, 0.3) is 0 Å². The second-order valence-corrected chi connectivity index (χ2v) is 6.06. The van der Waals surface area contributed by atoms with Crippen LogP contribution in [0.25, 0.3) is 0 Å². The van der Waals surface area contributed by atoms with Crippen LogP contribution in [0.2, 0.25) is 0 Å². The second-order valence-electron chi connectivity index (χ2n) is 6.06. The first-order valence-corrected chi connectivity index (χ1v) is 6.74. The van der Waals surface area contributed by atoms with Gasteiger partial charge in [-0.1, -0.05) is 18.6 Å². The van der Waals surface area contributed by atoms with Gasteiger partial charge in [0, 0.05) is 24.2 Å². The number of nitrogens with one attached hydrogen (secondary N) is 2. The van der Waals surface area contributed by atoms with Crippen LogP contribution >= 0.6 is 0 Å². The lowest BCUT2D eigenvalue weighted by molar-refractivity contribution is 0.229. The van der Waals surface area contributed by atoms with Crippen molar-refractivity contribution in [1.29, 1.82) is 0 Å². The summed E-state index contributed by atoms with van der Waals surface area (Å²) in [5.41, 5.74) is 1.55. The van der Waals surface area contributed by atoms with Crippen LogP contribution < -0.4 is 10.6 Å². The van der Waals surface area contributed by atoms with E-state index in [1.165, 1.54) is 19.3 Å². The maximum Gasteiger partial charge on any atom is 0.0410 e. The summed E-state index contributed by atoms with van der Waals surface area (Å²) in [4.78, 5) is 0. The Morgan fingerprint density at radius 2 is 1.81 bits per heavy atom. The maximum atomic E-state index is 3.75. The van der Waals surface area contributed by atoms with Gasteiger partial charge in [0.1, 0.15) is 0 Å². The highest BCUT2D eigenvalue weighted by Crippen LogP contribution is 2.24. The van der Waals surface area contributed by atoms with Crippen molar-refractivity contribution in [3.8, 4) is 0 Å². The van der Waals surface area contributed by atoms with Gasteiger partial charge < -0.3 is 10.6 Å². The average molecular weight is 222 g/mol. The summed E-state index contributed by atoms with van der Waals surface area (Å²) >= 11 is 0. The molecular formula is C14H26N2. The van der Waals surface area contributed by atoms with Crippen LogP contribution in [0.1, 0.15) is 47.0 Å². The Morgan fingerprint density at radius 3 is 2.44 bits per heavy atom. The molecule has 0 saturated carbocycles. The van der Waals surface area contributed by atoms with Gasteiger partial charge in [-0.15, -0.1) is 0 Å². The van der Waals surface area contributed by atoms with Crippen molar-refractivity contribution in [2.45, 2.75) is 71.1 Å². The van der Waals surface area contributed by atoms with E-state index in [9.17, 15) is 0 Å². The lowest BCUT2D eigenvalue weighted by atomic mass is 9.84. The van der Waals surface area contributed by atoms with Crippen molar-refractivity contribution in [1.82, 2.24) is 10.6 Å². The molecule has 0 amide bonds. The Balaban J connectivity index is 2.03. The molecule has 5 atom stereocenters. The minimum Gasteiger partial charge on any atom is -0.310 e. The quantitative estimate of drug-likeness (QED) is 0.666. The first-order valence-electron chi connectivity index (χ1n) is 6.74. The summed E-state index contributed by atoms with van der Waals surface area (Å²) in [6, 6.07) is 2.45. The van der Waals surface area contributed by atoms with Crippen molar-refractivity contribution in [2.24, 2.45) is 5.92 Å². The van der Waals surface area contributed by atoms with Gasteiger partial charge in [0.15, 0.2) is 0 Å². The number of hydrogen-bond donors (Lipinski definition) is 2. The number of piperidine rings is 1. The molecule has 0 bridgehead atoms. The third-order valence-corrected chi connectivity index (χ3v) is 3.91. The zero-order valence-corrected chi connectivity index (χ0v) is 11.1. The van der Waals surface area contributed by atoms with E-state index >= 15 is 0 Å². The molecule has 0 radical (unpaired) electrons. The zero-order chi connectivity index (χ0) is 11.7. The van der Waals surface area contributed by atoms with E-state index in [0.29, 0.717) is 24.2 Å². The van der Waals surface area contributed by atoms with Crippen molar-refractivity contribution >= 4 is 0 Å². The molecular weight excluding hydrogens is 196 g/mol. The Hall–Kier alpha value is -0.340. The third kappa shape index (κ3) is 2.86. The summed E-state index contributed by atoms with van der Waals surface area (Å²) in [6.07, 6.45) is 6.26. The Labute approximate surface area is 99.9 Å². The number of rotatable bonds is 1. The van der Waals surface area contributed by atoms with E-state index < -0.39 is 0 Å². The molecule has 1 fully saturated rings. The van der Waals surface area contributed by atoms with Crippen LogP contribution in [0.15, 0.2) is 11.6 Å². The highest BCUT2D eigenvalue weighted by Gasteiger charge is 2.30. The zero-order valence-electron chi connectivity index (χ0n) is 11.1. The van der Waals surface area contributed by atoms with Crippen molar-refractivity contribution in [2.75, 3.05) is 0 Å². The van der Waals surface area contributed by atoms with Crippen LogP contribution in [-0.2, 0) is 0 Å². The average Bonchev–Trinajstić information content (AvgIpc) is 2.14. The van der Waals surface area contributed by atoms with E-state index in [4.69, 9.17) is 0 Å². The molecule has 1 saturated heterocycles. The van der Waals surface area contributed by atoms with Gasteiger partial charge in [-0.3, -0.25) is 0 Å². The molecule has 0 aromatic carbocycles. The molecule has 16 heavy (non-hydrogen) atoms. The standard InChI is InChI=1S/C14H26N2/c1-9-5-11(3)15-13(7-9)14-8-10(2)6-12(4)16-14/h7,10-16H,5-6,8H2,1-4H3. The molecule has 2 heterocycles. The predicted molar refractivity (Wildman–Crippen MR) is 69.5 cm³/mol. The molecule has 0 aromatic rings. The fourth-order valence-electron chi connectivity index (χ4n) is 3.41. The predicted octanol–water partition coefficient (Wildman–Crippen LogP) is 2.46. The monoisotopic (exact) mass is 222 g/mol. The molecule has 92 valence electrons. The molecule has 2 rings (SSSR count). The third-order valence-electron chi connectivity index (χ3n) is 3.91. The molecule has 2 aliphatic rings. The largest absolute Gasteiger partial charge is 0.310 e. The second kappa shape index (κ2) is 4.89. The minimum atomic E-state index is 0.536. The normalized spacial score (nSPS) is 45.2. The molecule has 0 aliphatic carbocycles. The maximum absolute atomic E-state index is 3.75. The first kappa shape index (κ1) is 12.1. The van der Waals surface area contributed by atoms with Crippen LogP contribution in [0.3, 0.4) is 0 Å². The van der Waals surface area contributed by atoms with Gasteiger partial charge in [-0.05, 0) is 46.0 Å².